The Hall–Kier alpha value is -1.92. The van der Waals surface area contributed by atoms with Gasteiger partial charge in [-0.15, -0.1) is 0 Å². The van der Waals surface area contributed by atoms with Gasteiger partial charge in [-0.1, -0.05) is 35.3 Å². The third-order valence-electron chi connectivity index (χ3n) is 3.84. The molecule has 3 rings (SSSR count). The van der Waals surface area contributed by atoms with Crippen LogP contribution in [0.1, 0.15) is 15.9 Å². The highest BCUT2D eigenvalue weighted by molar-refractivity contribution is 6.34. The Kier molecular flexibility index (Phi) is 3.92. The van der Waals surface area contributed by atoms with Gasteiger partial charge >= 0.3 is 17.9 Å². The topological polar surface area (TPSA) is 29.5 Å². The van der Waals surface area contributed by atoms with Crippen LogP contribution in [0.2, 0.25) is 10.0 Å². The summed E-state index contributed by atoms with van der Waals surface area (Å²) in [5.41, 5.74) is -3.25. The van der Waals surface area contributed by atoms with Crippen LogP contribution in [-0.2, 0) is 10.5 Å². The second-order valence-corrected chi connectivity index (χ2v) is 6.14. The zero-order chi connectivity index (χ0) is 17.7. The fourth-order valence-electron chi connectivity index (χ4n) is 2.78. The van der Waals surface area contributed by atoms with Gasteiger partial charge in [0, 0.05) is 22.7 Å². The highest BCUT2D eigenvalue weighted by atomic mass is 35.5. The molecule has 8 heteroatoms. The van der Waals surface area contributed by atoms with Gasteiger partial charge in [-0.25, -0.2) is 4.79 Å². The molecule has 0 N–H and O–H groups in total. The van der Waals surface area contributed by atoms with Gasteiger partial charge in [0.15, 0.2) is 0 Å². The molecule has 126 valence electrons. The Balaban J connectivity index is 2.31. The van der Waals surface area contributed by atoms with Crippen molar-refractivity contribution >= 4 is 34.9 Å². The average Bonchev–Trinajstić information content (AvgIpc) is 2.48. The zero-order valence-corrected chi connectivity index (χ0v) is 13.7. The summed E-state index contributed by atoms with van der Waals surface area (Å²) >= 11 is 11.7. The van der Waals surface area contributed by atoms with E-state index < -0.39 is 17.9 Å². The predicted octanol–water partition coefficient (Wildman–Crippen LogP) is 5.02. The number of halogens is 5. The number of carbonyl (C=O) groups excluding carboxylic acids is 1. The fraction of sp³-hybridized carbons (Fsp3) is 0.188. The van der Waals surface area contributed by atoms with E-state index in [0.717, 1.165) is 17.0 Å². The molecule has 0 saturated heterocycles. The van der Waals surface area contributed by atoms with E-state index in [-0.39, 0.29) is 26.9 Å². The summed E-state index contributed by atoms with van der Waals surface area (Å²) in [6, 6.07) is 9.37. The van der Waals surface area contributed by atoms with E-state index in [1.165, 1.54) is 25.2 Å². The monoisotopic (exact) mass is 375 g/mol. The summed E-state index contributed by atoms with van der Waals surface area (Å²) in [5.74, 6) is -1.07. The first-order chi connectivity index (χ1) is 11.2. The van der Waals surface area contributed by atoms with E-state index in [4.69, 9.17) is 27.9 Å². The number of cyclic esters (lactones) is 1. The molecular formula is C16H10Cl2F3NO2. The summed E-state index contributed by atoms with van der Waals surface area (Å²) < 4.78 is 47.1. The Bertz CT molecular complexity index is 805. The van der Waals surface area contributed by atoms with Gasteiger partial charge in [-0.2, -0.15) is 13.2 Å². The van der Waals surface area contributed by atoms with Crippen molar-refractivity contribution in [2.24, 2.45) is 0 Å². The van der Waals surface area contributed by atoms with Gasteiger partial charge in [0.2, 0.25) is 0 Å². The molecule has 0 bridgehead atoms. The number of alkyl halides is 3. The van der Waals surface area contributed by atoms with Gasteiger partial charge < -0.3 is 9.64 Å². The molecule has 1 heterocycles. The van der Waals surface area contributed by atoms with Crippen molar-refractivity contribution in [3.63, 3.8) is 0 Å². The number of hydrogen-bond acceptors (Lipinski definition) is 3. The number of carbonyl (C=O) groups is 1. The van der Waals surface area contributed by atoms with Crippen molar-refractivity contribution in [2.45, 2.75) is 11.9 Å². The summed E-state index contributed by atoms with van der Waals surface area (Å²) in [6.07, 6.45) is -4.93. The van der Waals surface area contributed by atoms with Crippen molar-refractivity contribution in [3.05, 3.63) is 63.6 Å². The van der Waals surface area contributed by atoms with Gasteiger partial charge in [0.25, 0.3) is 0 Å². The third kappa shape index (κ3) is 2.41. The van der Waals surface area contributed by atoms with Crippen molar-refractivity contribution < 1.29 is 22.7 Å². The number of hydrogen-bond donors (Lipinski definition) is 0. The molecule has 1 aliphatic heterocycles. The number of ether oxygens (including phenoxy) is 1. The maximum Gasteiger partial charge on any atom is 0.453 e. The number of nitrogens with zero attached hydrogens (tertiary/aromatic N) is 1. The first-order valence-corrected chi connectivity index (χ1v) is 7.52. The Morgan fingerprint density at radius 3 is 2.25 bits per heavy atom. The van der Waals surface area contributed by atoms with Crippen LogP contribution in [0.15, 0.2) is 42.5 Å². The van der Waals surface area contributed by atoms with E-state index in [9.17, 15) is 18.0 Å². The molecule has 3 nitrogen and oxygen atoms in total. The molecule has 0 amide bonds. The fourth-order valence-corrected chi connectivity index (χ4v) is 3.31. The van der Waals surface area contributed by atoms with Crippen LogP contribution in [0, 0.1) is 0 Å². The standard InChI is InChI=1S/C16H10Cl2F3NO2/c1-22-13-5-3-2-4-12(13)14(23)24-15(22,16(19,20)21)9-6-10(17)8-11(18)7-9/h2-8H,1H3/t15-/m0/s1. The molecular weight excluding hydrogens is 366 g/mol. The molecule has 1 atom stereocenters. The normalized spacial score (nSPS) is 20.6. The SMILES string of the molecule is CN1c2ccccc2C(=O)O[C@@]1(c1cc(Cl)cc(Cl)c1)C(F)(F)F. The quantitative estimate of drug-likeness (QED) is 0.655. The molecule has 0 spiro atoms. The Morgan fingerprint density at radius 2 is 1.67 bits per heavy atom. The summed E-state index contributed by atoms with van der Waals surface area (Å²) in [4.78, 5) is 13.1. The van der Waals surface area contributed by atoms with Gasteiger partial charge in [0.1, 0.15) is 0 Å². The maximum atomic E-state index is 14.1. The van der Waals surface area contributed by atoms with Crippen molar-refractivity contribution in [1.82, 2.24) is 0 Å². The second-order valence-electron chi connectivity index (χ2n) is 5.27. The number of fused-ring (bicyclic) bond motifs is 1. The second kappa shape index (κ2) is 5.57. The van der Waals surface area contributed by atoms with Crippen LogP contribution in [0.3, 0.4) is 0 Å². The predicted molar refractivity (Wildman–Crippen MR) is 84.5 cm³/mol. The van der Waals surface area contributed by atoms with Crippen molar-refractivity contribution in [2.75, 3.05) is 11.9 Å². The summed E-state index contributed by atoms with van der Waals surface area (Å²) in [5, 5.41) is 0.00821. The van der Waals surface area contributed by atoms with Gasteiger partial charge in [-0.05, 0) is 30.3 Å². The largest absolute Gasteiger partial charge is 0.453 e. The molecule has 0 aromatic heterocycles. The van der Waals surface area contributed by atoms with E-state index in [2.05, 4.69) is 0 Å². The first-order valence-electron chi connectivity index (χ1n) is 6.76. The minimum atomic E-state index is -4.93. The van der Waals surface area contributed by atoms with E-state index in [1.807, 2.05) is 0 Å². The lowest BCUT2D eigenvalue weighted by Gasteiger charge is -2.46. The van der Waals surface area contributed by atoms with Crippen LogP contribution in [-0.4, -0.2) is 19.2 Å². The lowest BCUT2D eigenvalue weighted by Crippen LogP contribution is -2.60. The Morgan fingerprint density at radius 1 is 1.08 bits per heavy atom. The number of esters is 1. The highest BCUT2D eigenvalue weighted by Crippen LogP contribution is 2.50. The summed E-state index contributed by atoms with van der Waals surface area (Å²) in [7, 11) is 1.20. The minimum Gasteiger partial charge on any atom is -0.421 e. The number of anilines is 1. The van der Waals surface area contributed by atoms with Crippen LogP contribution >= 0.6 is 23.2 Å². The van der Waals surface area contributed by atoms with E-state index in [0.29, 0.717) is 0 Å². The van der Waals surface area contributed by atoms with Gasteiger partial charge in [-0.3, -0.25) is 0 Å². The molecule has 0 fully saturated rings. The van der Waals surface area contributed by atoms with Crippen LogP contribution in [0.4, 0.5) is 18.9 Å². The van der Waals surface area contributed by atoms with Crippen LogP contribution in [0.5, 0.6) is 0 Å². The number of para-hydroxylation sites is 1. The number of benzene rings is 2. The minimum absolute atomic E-state index is 0.00410. The summed E-state index contributed by atoms with van der Waals surface area (Å²) in [6.45, 7) is 0. The van der Waals surface area contributed by atoms with E-state index >= 15 is 0 Å². The Labute approximate surface area is 145 Å². The lowest BCUT2D eigenvalue weighted by atomic mass is 9.96. The highest BCUT2D eigenvalue weighted by Gasteiger charge is 2.65. The molecule has 24 heavy (non-hydrogen) atoms. The molecule has 1 aliphatic rings. The molecule has 0 unspecified atom stereocenters. The van der Waals surface area contributed by atoms with E-state index in [1.54, 1.807) is 12.1 Å². The first kappa shape index (κ1) is 16.9. The van der Waals surface area contributed by atoms with Crippen molar-refractivity contribution in [3.8, 4) is 0 Å². The molecule has 0 saturated carbocycles. The molecule has 2 aromatic rings. The third-order valence-corrected chi connectivity index (χ3v) is 4.27. The smallest absolute Gasteiger partial charge is 0.421 e. The molecule has 2 aromatic carbocycles. The van der Waals surface area contributed by atoms with Crippen molar-refractivity contribution in [1.29, 1.82) is 0 Å². The van der Waals surface area contributed by atoms with Crippen LogP contribution < -0.4 is 4.90 Å². The average molecular weight is 376 g/mol. The number of rotatable bonds is 1. The zero-order valence-electron chi connectivity index (χ0n) is 12.2. The maximum absolute atomic E-state index is 14.1. The molecule has 0 aliphatic carbocycles. The lowest BCUT2D eigenvalue weighted by molar-refractivity contribution is -0.265. The van der Waals surface area contributed by atoms with Gasteiger partial charge in [0.05, 0.1) is 11.3 Å². The molecule has 0 radical (unpaired) electrons. The van der Waals surface area contributed by atoms with Crippen LogP contribution in [0.25, 0.3) is 0 Å².